The van der Waals surface area contributed by atoms with Crippen LogP contribution in [0.2, 0.25) is 0 Å². The first-order valence-corrected chi connectivity index (χ1v) is 8.44. The van der Waals surface area contributed by atoms with Gasteiger partial charge >= 0.3 is 29.6 Å². The summed E-state index contributed by atoms with van der Waals surface area (Å²) in [6.07, 6.45) is 9.70. The number of hydrogen-bond acceptors (Lipinski definition) is 2. The Bertz CT molecular complexity index is 405. The largest absolute Gasteiger partial charge is 1.00 e. The molecule has 0 aliphatic heterocycles. The first-order valence-electron chi connectivity index (χ1n) is 8.44. The standard InChI is InChI=1S/C19H30O2.Na/c1-3-5-6-7-8-9-13-16-19(4-2,18(20)21)17-14-11-10-12-15-17;/h10-12,14-15H,3-9,13,16H2,1-2H3,(H,20,21);/q;+1/p-1. The molecule has 0 aromatic heterocycles. The summed E-state index contributed by atoms with van der Waals surface area (Å²) in [5.41, 5.74) is 0.0727. The summed E-state index contributed by atoms with van der Waals surface area (Å²) in [5, 5.41) is 11.7. The molecule has 3 heteroatoms. The quantitative estimate of drug-likeness (QED) is 0.455. The number of hydrogen-bond donors (Lipinski definition) is 0. The third kappa shape index (κ3) is 6.44. The Labute approximate surface area is 158 Å². The molecule has 1 aromatic carbocycles. The van der Waals surface area contributed by atoms with Crippen molar-refractivity contribution in [3.63, 3.8) is 0 Å². The number of unbranched alkanes of at least 4 members (excludes halogenated alkanes) is 6. The molecule has 0 saturated carbocycles. The molecule has 0 aliphatic rings. The summed E-state index contributed by atoms with van der Waals surface area (Å²) in [7, 11) is 0. The van der Waals surface area contributed by atoms with Crippen LogP contribution in [0, 0.1) is 0 Å². The average Bonchev–Trinajstić information content (AvgIpc) is 2.51. The van der Waals surface area contributed by atoms with E-state index in [9.17, 15) is 9.90 Å². The van der Waals surface area contributed by atoms with E-state index in [4.69, 9.17) is 0 Å². The maximum absolute atomic E-state index is 11.7. The van der Waals surface area contributed by atoms with Crippen molar-refractivity contribution in [1.82, 2.24) is 0 Å². The van der Waals surface area contributed by atoms with Crippen LogP contribution < -0.4 is 34.7 Å². The zero-order valence-electron chi connectivity index (χ0n) is 14.6. The van der Waals surface area contributed by atoms with Crippen LogP contribution in [0.3, 0.4) is 0 Å². The molecule has 0 aliphatic carbocycles. The number of carbonyl (C=O) groups is 1. The average molecular weight is 312 g/mol. The molecule has 0 amide bonds. The van der Waals surface area contributed by atoms with Gasteiger partial charge in [0.15, 0.2) is 0 Å². The van der Waals surface area contributed by atoms with E-state index in [1.54, 1.807) is 0 Å². The van der Waals surface area contributed by atoms with Gasteiger partial charge in [-0.1, -0.05) is 89.1 Å². The van der Waals surface area contributed by atoms with Gasteiger partial charge < -0.3 is 9.90 Å². The first-order chi connectivity index (χ1) is 10.2. The van der Waals surface area contributed by atoms with Gasteiger partial charge in [0.05, 0.1) is 5.97 Å². The van der Waals surface area contributed by atoms with E-state index in [0.717, 1.165) is 18.4 Å². The Morgan fingerprint density at radius 3 is 2.00 bits per heavy atom. The van der Waals surface area contributed by atoms with Crippen LogP contribution in [0.15, 0.2) is 30.3 Å². The van der Waals surface area contributed by atoms with Crippen LogP contribution >= 0.6 is 0 Å². The number of carboxylic acid groups (broad SMARTS) is 1. The Hall–Kier alpha value is -0.310. The second-order valence-electron chi connectivity index (χ2n) is 5.96. The van der Waals surface area contributed by atoms with Crippen LogP contribution in [-0.2, 0) is 10.2 Å². The van der Waals surface area contributed by atoms with Crippen molar-refractivity contribution in [2.24, 2.45) is 0 Å². The number of carboxylic acids is 1. The van der Waals surface area contributed by atoms with E-state index in [2.05, 4.69) is 6.92 Å². The SMILES string of the molecule is CCCCCCCCCC(CC)(C(=O)[O-])c1ccccc1.[Na+]. The second-order valence-corrected chi connectivity index (χ2v) is 5.96. The van der Waals surface area contributed by atoms with Gasteiger partial charge in [-0.15, -0.1) is 0 Å². The number of carbonyl (C=O) groups excluding carboxylic acids is 1. The van der Waals surface area contributed by atoms with Gasteiger partial charge in [-0.05, 0) is 18.4 Å². The molecule has 0 saturated heterocycles. The monoisotopic (exact) mass is 312 g/mol. The van der Waals surface area contributed by atoms with Gasteiger partial charge in [-0.3, -0.25) is 0 Å². The Morgan fingerprint density at radius 1 is 0.955 bits per heavy atom. The van der Waals surface area contributed by atoms with E-state index in [1.165, 1.54) is 32.1 Å². The summed E-state index contributed by atoms with van der Waals surface area (Å²) in [5.74, 6) is -0.929. The summed E-state index contributed by atoms with van der Waals surface area (Å²) in [4.78, 5) is 11.7. The van der Waals surface area contributed by atoms with Crippen LogP contribution in [0.25, 0.3) is 0 Å². The van der Waals surface area contributed by atoms with Gasteiger partial charge in [-0.25, -0.2) is 0 Å². The van der Waals surface area contributed by atoms with Crippen molar-refractivity contribution >= 4 is 5.97 Å². The Morgan fingerprint density at radius 2 is 1.50 bits per heavy atom. The summed E-state index contributed by atoms with van der Waals surface area (Å²) < 4.78 is 0. The molecular formula is C19H29NaO2. The molecule has 0 radical (unpaired) electrons. The molecule has 22 heavy (non-hydrogen) atoms. The Kier molecular flexibility index (Phi) is 12.0. The number of benzene rings is 1. The van der Waals surface area contributed by atoms with Crippen LogP contribution in [0.4, 0.5) is 0 Å². The molecule has 1 aromatic rings. The molecule has 0 bridgehead atoms. The molecule has 0 spiro atoms. The van der Waals surface area contributed by atoms with Crippen LogP contribution in [0.5, 0.6) is 0 Å². The second kappa shape index (κ2) is 12.2. The van der Waals surface area contributed by atoms with E-state index in [-0.39, 0.29) is 29.6 Å². The minimum atomic E-state index is -0.929. The van der Waals surface area contributed by atoms with Crippen molar-refractivity contribution in [2.45, 2.75) is 77.0 Å². The first kappa shape index (κ1) is 21.7. The Balaban J connectivity index is 0.00000441. The summed E-state index contributed by atoms with van der Waals surface area (Å²) in [6, 6.07) is 9.58. The van der Waals surface area contributed by atoms with E-state index in [0.29, 0.717) is 12.8 Å². The molecule has 0 N–H and O–H groups in total. The van der Waals surface area contributed by atoms with Gasteiger partial charge in [0.2, 0.25) is 0 Å². The predicted molar refractivity (Wildman–Crippen MR) is 86.0 cm³/mol. The molecule has 1 unspecified atom stereocenters. The maximum Gasteiger partial charge on any atom is 1.00 e. The van der Waals surface area contributed by atoms with E-state index < -0.39 is 11.4 Å². The minimum absolute atomic E-state index is 0. The number of aliphatic carboxylic acids is 1. The smallest absolute Gasteiger partial charge is 0.549 e. The van der Waals surface area contributed by atoms with Gasteiger partial charge in [0, 0.05) is 5.41 Å². The summed E-state index contributed by atoms with van der Waals surface area (Å²) >= 11 is 0. The third-order valence-corrected chi connectivity index (χ3v) is 4.53. The van der Waals surface area contributed by atoms with Crippen LogP contribution in [0.1, 0.15) is 77.2 Å². The molecule has 0 fully saturated rings. The zero-order valence-corrected chi connectivity index (χ0v) is 16.6. The van der Waals surface area contributed by atoms with E-state index in [1.807, 2.05) is 37.3 Å². The van der Waals surface area contributed by atoms with Crippen LogP contribution in [-0.4, -0.2) is 5.97 Å². The maximum atomic E-state index is 11.7. The topological polar surface area (TPSA) is 40.1 Å². The normalized spacial score (nSPS) is 13.2. The summed E-state index contributed by atoms with van der Waals surface area (Å²) in [6.45, 7) is 4.17. The third-order valence-electron chi connectivity index (χ3n) is 4.53. The number of rotatable bonds is 11. The van der Waals surface area contributed by atoms with Crippen molar-refractivity contribution in [1.29, 1.82) is 0 Å². The van der Waals surface area contributed by atoms with Gasteiger partial charge in [0.1, 0.15) is 0 Å². The van der Waals surface area contributed by atoms with Crippen molar-refractivity contribution in [3.8, 4) is 0 Å². The molecule has 1 atom stereocenters. The van der Waals surface area contributed by atoms with E-state index >= 15 is 0 Å². The fourth-order valence-corrected chi connectivity index (χ4v) is 3.03. The molecule has 2 nitrogen and oxygen atoms in total. The molecule has 1 rings (SSSR count). The van der Waals surface area contributed by atoms with Crippen molar-refractivity contribution in [3.05, 3.63) is 35.9 Å². The fraction of sp³-hybridized carbons (Fsp3) is 0.632. The predicted octanol–water partition coefficient (Wildman–Crippen LogP) is 1.23. The minimum Gasteiger partial charge on any atom is -0.549 e. The molecule has 0 heterocycles. The van der Waals surface area contributed by atoms with Gasteiger partial charge in [-0.2, -0.15) is 0 Å². The zero-order chi connectivity index (χ0) is 15.6. The fourth-order valence-electron chi connectivity index (χ4n) is 3.03. The molecular weight excluding hydrogens is 283 g/mol. The van der Waals surface area contributed by atoms with Crippen molar-refractivity contribution < 1.29 is 39.5 Å². The van der Waals surface area contributed by atoms with Crippen molar-refractivity contribution in [2.75, 3.05) is 0 Å². The van der Waals surface area contributed by atoms with Gasteiger partial charge in [0.25, 0.3) is 0 Å². The molecule has 118 valence electrons.